The minimum atomic E-state index is 0.0887. The van der Waals surface area contributed by atoms with Crippen molar-refractivity contribution in [3.8, 4) is 5.75 Å². The highest BCUT2D eigenvalue weighted by molar-refractivity contribution is 9.09. The normalized spacial score (nSPS) is 12.3. The van der Waals surface area contributed by atoms with Gasteiger partial charge in [-0.1, -0.05) is 51.8 Å². The van der Waals surface area contributed by atoms with E-state index in [2.05, 4.69) is 48.0 Å². The molecular formula is C16H16BrClO. The summed E-state index contributed by atoms with van der Waals surface area (Å²) in [5.74, 6) is 0.773. The predicted molar refractivity (Wildman–Crippen MR) is 84.7 cm³/mol. The number of alkyl halides is 1. The molecule has 1 nitrogen and oxygen atoms in total. The van der Waals surface area contributed by atoms with Gasteiger partial charge in [0.15, 0.2) is 0 Å². The average molecular weight is 340 g/mol. The van der Waals surface area contributed by atoms with Crippen molar-refractivity contribution >= 4 is 27.5 Å². The Morgan fingerprint density at radius 1 is 1.11 bits per heavy atom. The molecule has 0 heterocycles. The summed E-state index contributed by atoms with van der Waals surface area (Å²) in [5.41, 5.74) is 4.87. The Morgan fingerprint density at radius 2 is 1.84 bits per heavy atom. The molecule has 3 heteroatoms. The average Bonchev–Trinajstić information content (AvgIpc) is 2.41. The van der Waals surface area contributed by atoms with Crippen LogP contribution >= 0.6 is 27.5 Å². The molecule has 100 valence electrons. The van der Waals surface area contributed by atoms with Crippen LogP contribution < -0.4 is 4.74 Å². The summed E-state index contributed by atoms with van der Waals surface area (Å²) >= 11 is 10.1. The maximum absolute atomic E-state index is 6.34. The van der Waals surface area contributed by atoms with Gasteiger partial charge in [0, 0.05) is 5.02 Å². The zero-order valence-corrected chi connectivity index (χ0v) is 13.5. The molecule has 0 aliphatic carbocycles. The van der Waals surface area contributed by atoms with Crippen LogP contribution in [-0.2, 0) is 0 Å². The molecule has 0 saturated heterocycles. The third-order valence-corrected chi connectivity index (χ3v) is 4.71. The molecule has 0 N–H and O–H groups in total. The van der Waals surface area contributed by atoms with Gasteiger partial charge in [0.1, 0.15) is 5.75 Å². The summed E-state index contributed by atoms with van der Waals surface area (Å²) in [4.78, 5) is 0.0887. The highest BCUT2D eigenvalue weighted by Crippen LogP contribution is 2.38. The number of ether oxygens (including phenoxy) is 1. The lowest BCUT2D eigenvalue weighted by atomic mass is 9.97. The second-order valence-corrected chi connectivity index (χ2v) is 5.86. The fourth-order valence-corrected chi connectivity index (χ4v) is 3.36. The molecule has 0 aromatic heterocycles. The van der Waals surface area contributed by atoms with Crippen molar-refractivity contribution in [2.24, 2.45) is 0 Å². The Kier molecular flexibility index (Phi) is 4.54. The quantitative estimate of drug-likeness (QED) is 0.676. The first-order valence-electron chi connectivity index (χ1n) is 6.08. The lowest BCUT2D eigenvalue weighted by Crippen LogP contribution is -1.98. The summed E-state index contributed by atoms with van der Waals surface area (Å²) in [6, 6.07) is 12.1. The lowest BCUT2D eigenvalue weighted by molar-refractivity contribution is 0.414. The van der Waals surface area contributed by atoms with Crippen LogP contribution in [-0.4, -0.2) is 7.11 Å². The summed E-state index contributed by atoms with van der Waals surface area (Å²) < 4.78 is 5.18. The molecule has 1 atom stereocenters. The summed E-state index contributed by atoms with van der Waals surface area (Å²) in [6.45, 7) is 4.25. The molecule has 0 aliphatic rings. The van der Waals surface area contributed by atoms with Crippen molar-refractivity contribution in [3.05, 3.63) is 63.7 Å². The minimum Gasteiger partial charge on any atom is -0.497 e. The third-order valence-electron chi connectivity index (χ3n) is 3.40. The van der Waals surface area contributed by atoms with Crippen LogP contribution in [0.3, 0.4) is 0 Å². The van der Waals surface area contributed by atoms with E-state index in [9.17, 15) is 0 Å². The zero-order valence-electron chi connectivity index (χ0n) is 11.2. The number of aryl methyl sites for hydroxylation is 1. The van der Waals surface area contributed by atoms with Gasteiger partial charge in [-0.15, -0.1) is 0 Å². The summed E-state index contributed by atoms with van der Waals surface area (Å²) in [7, 11) is 1.64. The first kappa shape index (κ1) is 14.4. The van der Waals surface area contributed by atoms with E-state index in [-0.39, 0.29) is 4.83 Å². The monoisotopic (exact) mass is 338 g/mol. The molecule has 19 heavy (non-hydrogen) atoms. The zero-order chi connectivity index (χ0) is 14.0. The highest BCUT2D eigenvalue weighted by Gasteiger charge is 2.16. The summed E-state index contributed by atoms with van der Waals surface area (Å²) in [5, 5.41) is 0.710. The molecule has 0 amide bonds. The molecule has 2 aromatic carbocycles. The standard InChI is InChI=1S/C16H16BrClO/c1-10-5-4-6-13(11(10)2)16(17)14-8-7-12(19-3)9-15(14)18/h4-9,16H,1-3H3. The van der Waals surface area contributed by atoms with Crippen LogP contribution in [0.5, 0.6) is 5.75 Å². The SMILES string of the molecule is COc1ccc(C(Br)c2cccc(C)c2C)c(Cl)c1. The van der Waals surface area contributed by atoms with Crippen LogP contribution in [0.1, 0.15) is 27.1 Å². The van der Waals surface area contributed by atoms with E-state index >= 15 is 0 Å². The van der Waals surface area contributed by atoms with Crippen molar-refractivity contribution in [2.45, 2.75) is 18.7 Å². The number of hydrogen-bond acceptors (Lipinski definition) is 1. The van der Waals surface area contributed by atoms with Crippen LogP contribution in [0.25, 0.3) is 0 Å². The lowest BCUT2D eigenvalue weighted by Gasteiger charge is -2.17. The molecule has 0 spiro atoms. The Morgan fingerprint density at radius 3 is 2.47 bits per heavy atom. The molecule has 0 aliphatic heterocycles. The maximum Gasteiger partial charge on any atom is 0.120 e. The Balaban J connectivity index is 2.44. The van der Waals surface area contributed by atoms with Gasteiger partial charge in [-0.3, -0.25) is 0 Å². The Bertz CT molecular complexity index is 595. The maximum atomic E-state index is 6.34. The van der Waals surface area contributed by atoms with Gasteiger partial charge >= 0.3 is 0 Å². The van der Waals surface area contributed by atoms with Crippen LogP contribution in [0.2, 0.25) is 5.02 Å². The largest absolute Gasteiger partial charge is 0.497 e. The summed E-state index contributed by atoms with van der Waals surface area (Å²) in [6.07, 6.45) is 0. The van der Waals surface area contributed by atoms with Gasteiger partial charge in [-0.05, 0) is 48.2 Å². The molecule has 2 aromatic rings. The van der Waals surface area contributed by atoms with E-state index in [0.29, 0.717) is 5.02 Å². The van der Waals surface area contributed by atoms with Gasteiger partial charge in [0.25, 0.3) is 0 Å². The second kappa shape index (κ2) is 5.98. The van der Waals surface area contributed by atoms with Crippen LogP contribution in [0, 0.1) is 13.8 Å². The van der Waals surface area contributed by atoms with Gasteiger partial charge in [-0.25, -0.2) is 0 Å². The van der Waals surface area contributed by atoms with Crippen LogP contribution in [0.4, 0.5) is 0 Å². The molecule has 0 bridgehead atoms. The van der Waals surface area contributed by atoms with E-state index in [4.69, 9.17) is 16.3 Å². The van der Waals surface area contributed by atoms with Gasteiger partial charge in [-0.2, -0.15) is 0 Å². The van der Waals surface area contributed by atoms with E-state index in [1.54, 1.807) is 7.11 Å². The van der Waals surface area contributed by atoms with Gasteiger partial charge < -0.3 is 4.74 Å². The van der Waals surface area contributed by atoms with Crippen LogP contribution in [0.15, 0.2) is 36.4 Å². The smallest absolute Gasteiger partial charge is 0.120 e. The van der Waals surface area contributed by atoms with Crippen molar-refractivity contribution in [3.63, 3.8) is 0 Å². The number of hydrogen-bond donors (Lipinski definition) is 0. The number of methoxy groups -OCH3 is 1. The molecule has 2 rings (SSSR count). The number of halogens is 2. The topological polar surface area (TPSA) is 9.23 Å². The molecule has 0 radical (unpaired) electrons. The highest BCUT2D eigenvalue weighted by atomic mass is 79.9. The first-order chi connectivity index (χ1) is 9.04. The van der Waals surface area contributed by atoms with E-state index in [0.717, 1.165) is 11.3 Å². The van der Waals surface area contributed by atoms with E-state index in [1.165, 1.54) is 16.7 Å². The molecule has 0 saturated carbocycles. The minimum absolute atomic E-state index is 0.0887. The fraction of sp³-hybridized carbons (Fsp3) is 0.250. The van der Waals surface area contributed by atoms with Crippen molar-refractivity contribution in [1.29, 1.82) is 0 Å². The molecule has 0 fully saturated rings. The van der Waals surface area contributed by atoms with Gasteiger partial charge in [0.2, 0.25) is 0 Å². The molecular weight excluding hydrogens is 324 g/mol. The van der Waals surface area contributed by atoms with E-state index in [1.807, 2.05) is 18.2 Å². The fourth-order valence-electron chi connectivity index (χ4n) is 2.06. The molecule has 1 unspecified atom stereocenters. The Labute approximate surface area is 127 Å². The number of benzene rings is 2. The van der Waals surface area contributed by atoms with E-state index < -0.39 is 0 Å². The first-order valence-corrected chi connectivity index (χ1v) is 7.37. The van der Waals surface area contributed by atoms with Crippen molar-refractivity contribution < 1.29 is 4.74 Å². The van der Waals surface area contributed by atoms with Crippen molar-refractivity contribution in [2.75, 3.05) is 7.11 Å². The Hall–Kier alpha value is -0.990. The second-order valence-electron chi connectivity index (χ2n) is 4.54. The third kappa shape index (κ3) is 2.96. The van der Waals surface area contributed by atoms with Gasteiger partial charge in [0.05, 0.1) is 11.9 Å². The predicted octanol–water partition coefficient (Wildman–Crippen LogP) is 5.45. The number of rotatable bonds is 3. The van der Waals surface area contributed by atoms with Crippen molar-refractivity contribution in [1.82, 2.24) is 0 Å².